The summed E-state index contributed by atoms with van der Waals surface area (Å²) in [5, 5.41) is 0. The molecule has 0 bridgehead atoms. The Kier molecular flexibility index (Phi) is 3.67. The minimum atomic E-state index is 0.778. The van der Waals surface area contributed by atoms with Crippen LogP contribution in [-0.2, 0) is 4.74 Å². The van der Waals surface area contributed by atoms with Gasteiger partial charge in [0.05, 0.1) is 0 Å². The standard InChI is InChI=1S/C11H19BrO/c12-11-4-2-1-3-9(7-11)10-5-6-13-8-10/h9-11H,1-8H2. The van der Waals surface area contributed by atoms with E-state index in [2.05, 4.69) is 15.9 Å². The number of hydrogen-bond donors (Lipinski definition) is 0. The first kappa shape index (κ1) is 9.97. The minimum absolute atomic E-state index is 0.778. The smallest absolute Gasteiger partial charge is 0.0497 e. The molecule has 76 valence electrons. The molecule has 0 aromatic carbocycles. The summed E-state index contributed by atoms with van der Waals surface area (Å²) in [4.78, 5) is 0.778. The Hall–Kier alpha value is 0.440. The fourth-order valence-corrected chi connectivity index (χ4v) is 3.49. The summed E-state index contributed by atoms with van der Waals surface area (Å²) < 4.78 is 5.47. The molecule has 2 fully saturated rings. The molecule has 0 radical (unpaired) electrons. The Balaban J connectivity index is 1.88. The van der Waals surface area contributed by atoms with Crippen LogP contribution < -0.4 is 0 Å². The van der Waals surface area contributed by atoms with Gasteiger partial charge in [0.1, 0.15) is 0 Å². The van der Waals surface area contributed by atoms with Gasteiger partial charge < -0.3 is 4.74 Å². The normalized spacial score (nSPS) is 41.8. The summed E-state index contributed by atoms with van der Waals surface area (Å²) >= 11 is 3.78. The number of alkyl halides is 1. The van der Waals surface area contributed by atoms with Crippen molar-refractivity contribution < 1.29 is 4.74 Å². The van der Waals surface area contributed by atoms with Crippen molar-refractivity contribution in [2.45, 2.75) is 43.4 Å². The van der Waals surface area contributed by atoms with E-state index in [-0.39, 0.29) is 0 Å². The van der Waals surface area contributed by atoms with Gasteiger partial charge in [0.25, 0.3) is 0 Å². The molecule has 0 spiro atoms. The Morgan fingerprint density at radius 2 is 1.85 bits per heavy atom. The van der Waals surface area contributed by atoms with Crippen molar-refractivity contribution in [2.75, 3.05) is 13.2 Å². The zero-order chi connectivity index (χ0) is 9.10. The van der Waals surface area contributed by atoms with Gasteiger partial charge in [-0.15, -0.1) is 0 Å². The average Bonchev–Trinajstić information content (AvgIpc) is 2.56. The second-order valence-electron chi connectivity index (χ2n) is 4.50. The van der Waals surface area contributed by atoms with Crippen molar-refractivity contribution in [1.29, 1.82) is 0 Å². The van der Waals surface area contributed by atoms with Crippen LogP contribution in [0.5, 0.6) is 0 Å². The van der Waals surface area contributed by atoms with Gasteiger partial charge in [-0.1, -0.05) is 35.2 Å². The molecule has 3 unspecified atom stereocenters. The van der Waals surface area contributed by atoms with Crippen molar-refractivity contribution in [2.24, 2.45) is 11.8 Å². The summed E-state index contributed by atoms with van der Waals surface area (Å²) in [6.45, 7) is 2.04. The van der Waals surface area contributed by atoms with Crippen LogP contribution in [0.2, 0.25) is 0 Å². The third-order valence-corrected chi connectivity index (χ3v) is 4.36. The molecule has 2 rings (SSSR count). The lowest BCUT2D eigenvalue weighted by Crippen LogP contribution is -2.17. The van der Waals surface area contributed by atoms with Crippen molar-refractivity contribution in [3.05, 3.63) is 0 Å². The number of rotatable bonds is 1. The van der Waals surface area contributed by atoms with Crippen LogP contribution in [-0.4, -0.2) is 18.0 Å². The van der Waals surface area contributed by atoms with E-state index in [1.54, 1.807) is 0 Å². The maximum absolute atomic E-state index is 5.47. The molecule has 3 atom stereocenters. The Morgan fingerprint density at radius 1 is 1.00 bits per heavy atom. The van der Waals surface area contributed by atoms with Gasteiger partial charge in [0.2, 0.25) is 0 Å². The molecule has 1 saturated carbocycles. The summed E-state index contributed by atoms with van der Waals surface area (Å²) in [7, 11) is 0. The molecule has 0 aromatic heterocycles. The second kappa shape index (κ2) is 4.79. The van der Waals surface area contributed by atoms with E-state index in [0.717, 1.165) is 29.9 Å². The monoisotopic (exact) mass is 246 g/mol. The predicted octanol–water partition coefficient (Wildman–Crippen LogP) is 3.37. The molecular weight excluding hydrogens is 228 g/mol. The molecule has 2 aliphatic rings. The SMILES string of the molecule is BrC1CCCCC(C2CCOC2)C1. The van der Waals surface area contributed by atoms with Crippen molar-refractivity contribution in [1.82, 2.24) is 0 Å². The van der Waals surface area contributed by atoms with Crippen LogP contribution in [0.3, 0.4) is 0 Å². The Labute approximate surface area is 89.4 Å². The largest absolute Gasteiger partial charge is 0.381 e. The maximum atomic E-state index is 5.47. The van der Waals surface area contributed by atoms with Crippen LogP contribution in [0.1, 0.15) is 38.5 Å². The fourth-order valence-electron chi connectivity index (χ4n) is 2.69. The summed E-state index contributed by atoms with van der Waals surface area (Å²) in [6.07, 6.45) is 8.36. The van der Waals surface area contributed by atoms with Crippen LogP contribution in [0, 0.1) is 11.8 Å². The highest BCUT2D eigenvalue weighted by Gasteiger charge is 2.28. The van der Waals surface area contributed by atoms with Gasteiger partial charge in [0.15, 0.2) is 0 Å². The van der Waals surface area contributed by atoms with Crippen molar-refractivity contribution in [3.8, 4) is 0 Å². The Morgan fingerprint density at radius 3 is 2.62 bits per heavy atom. The summed E-state index contributed by atoms with van der Waals surface area (Å²) in [5.74, 6) is 1.81. The lowest BCUT2D eigenvalue weighted by molar-refractivity contribution is 0.168. The number of ether oxygens (including phenoxy) is 1. The molecular formula is C11H19BrO. The molecule has 0 amide bonds. The lowest BCUT2D eigenvalue weighted by atomic mass is 9.86. The lowest BCUT2D eigenvalue weighted by Gasteiger charge is -2.21. The molecule has 1 heterocycles. The number of hydrogen-bond acceptors (Lipinski definition) is 1. The van der Waals surface area contributed by atoms with Gasteiger partial charge in [0, 0.05) is 18.0 Å². The van der Waals surface area contributed by atoms with Gasteiger partial charge >= 0.3 is 0 Å². The third kappa shape index (κ3) is 2.69. The van der Waals surface area contributed by atoms with E-state index in [0.29, 0.717) is 0 Å². The molecule has 13 heavy (non-hydrogen) atoms. The Bertz CT molecular complexity index is 154. The van der Waals surface area contributed by atoms with E-state index in [4.69, 9.17) is 4.74 Å². The van der Waals surface area contributed by atoms with E-state index in [1.807, 2.05) is 0 Å². The molecule has 0 aromatic rings. The maximum Gasteiger partial charge on any atom is 0.0497 e. The molecule has 1 nitrogen and oxygen atoms in total. The second-order valence-corrected chi connectivity index (χ2v) is 5.80. The van der Waals surface area contributed by atoms with Crippen LogP contribution in [0.4, 0.5) is 0 Å². The van der Waals surface area contributed by atoms with Crippen molar-refractivity contribution >= 4 is 15.9 Å². The van der Waals surface area contributed by atoms with Gasteiger partial charge in [-0.2, -0.15) is 0 Å². The van der Waals surface area contributed by atoms with E-state index in [9.17, 15) is 0 Å². The third-order valence-electron chi connectivity index (χ3n) is 3.53. The van der Waals surface area contributed by atoms with Crippen molar-refractivity contribution in [3.63, 3.8) is 0 Å². The van der Waals surface area contributed by atoms with Crippen LogP contribution >= 0.6 is 15.9 Å². The topological polar surface area (TPSA) is 9.23 Å². The highest BCUT2D eigenvalue weighted by Crippen LogP contribution is 2.35. The number of halogens is 1. The van der Waals surface area contributed by atoms with Gasteiger partial charge in [-0.05, 0) is 31.1 Å². The quantitative estimate of drug-likeness (QED) is 0.510. The summed E-state index contributed by atoms with van der Waals surface area (Å²) in [5.41, 5.74) is 0. The molecule has 1 saturated heterocycles. The molecule has 1 aliphatic heterocycles. The summed E-state index contributed by atoms with van der Waals surface area (Å²) in [6, 6.07) is 0. The first-order chi connectivity index (χ1) is 6.36. The zero-order valence-electron chi connectivity index (χ0n) is 8.18. The van der Waals surface area contributed by atoms with E-state index in [1.165, 1.54) is 38.5 Å². The van der Waals surface area contributed by atoms with E-state index < -0.39 is 0 Å². The fraction of sp³-hybridized carbons (Fsp3) is 1.00. The highest BCUT2D eigenvalue weighted by atomic mass is 79.9. The van der Waals surface area contributed by atoms with E-state index >= 15 is 0 Å². The molecule has 1 aliphatic carbocycles. The van der Waals surface area contributed by atoms with Crippen LogP contribution in [0.25, 0.3) is 0 Å². The van der Waals surface area contributed by atoms with Crippen LogP contribution in [0.15, 0.2) is 0 Å². The minimum Gasteiger partial charge on any atom is -0.381 e. The average molecular weight is 247 g/mol. The molecule has 2 heteroatoms. The molecule has 0 N–H and O–H groups in total. The highest BCUT2D eigenvalue weighted by molar-refractivity contribution is 9.09. The predicted molar refractivity (Wildman–Crippen MR) is 58.2 cm³/mol. The van der Waals surface area contributed by atoms with Gasteiger partial charge in [-0.3, -0.25) is 0 Å². The first-order valence-electron chi connectivity index (χ1n) is 5.58. The zero-order valence-corrected chi connectivity index (χ0v) is 9.76. The first-order valence-corrected chi connectivity index (χ1v) is 6.49. The van der Waals surface area contributed by atoms with Gasteiger partial charge in [-0.25, -0.2) is 0 Å².